The van der Waals surface area contributed by atoms with E-state index in [4.69, 9.17) is 10.5 Å². The molecule has 1 unspecified atom stereocenters. The number of pyridine rings is 1. The fourth-order valence-electron chi connectivity index (χ4n) is 3.93. The van der Waals surface area contributed by atoms with E-state index in [1.807, 2.05) is 33.2 Å². The first-order chi connectivity index (χ1) is 19.4. The summed E-state index contributed by atoms with van der Waals surface area (Å²) in [6.45, 7) is 11.5. The van der Waals surface area contributed by atoms with E-state index in [1.54, 1.807) is 36.5 Å². The van der Waals surface area contributed by atoms with Crippen molar-refractivity contribution >= 4 is 39.4 Å². The molecular formula is C30H40FN5O3S. The highest BCUT2D eigenvalue weighted by Crippen LogP contribution is 2.27. The van der Waals surface area contributed by atoms with E-state index in [2.05, 4.69) is 28.3 Å². The van der Waals surface area contributed by atoms with E-state index in [9.17, 15) is 14.0 Å². The van der Waals surface area contributed by atoms with Crippen LogP contribution in [0.4, 0.5) is 10.2 Å². The van der Waals surface area contributed by atoms with Crippen molar-refractivity contribution in [3.8, 4) is 5.75 Å². The van der Waals surface area contributed by atoms with Gasteiger partial charge < -0.3 is 30.8 Å². The van der Waals surface area contributed by atoms with Gasteiger partial charge in [-0.05, 0) is 69.6 Å². The predicted molar refractivity (Wildman–Crippen MR) is 161 cm³/mol. The van der Waals surface area contributed by atoms with Gasteiger partial charge in [0.15, 0.2) is 0 Å². The van der Waals surface area contributed by atoms with Crippen molar-refractivity contribution in [2.75, 3.05) is 25.9 Å². The summed E-state index contributed by atoms with van der Waals surface area (Å²) >= 11 is 1.75. The molecule has 1 aromatic carbocycles. The molecule has 216 valence electrons. The molecule has 1 fully saturated rings. The van der Waals surface area contributed by atoms with Crippen molar-refractivity contribution in [1.82, 2.24) is 20.5 Å². The van der Waals surface area contributed by atoms with Gasteiger partial charge in [0.2, 0.25) is 0 Å². The molecule has 0 spiro atoms. The minimum Gasteiger partial charge on any atom is -0.494 e. The smallest absolute Gasteiger partial charge is 0.274 e. The van der Waals surface area contributed by atoms with Gasteiger partial charge in [0.05, 0.1) is 18.3 Å². The van der Waals surface area contributed by atoms with Crippen LogP contribution in [0.15, 0.2) is 66.6 Å². The van der Waals surface area contributed by atoms with Crippen LogP contribution < -0.4 is 21.1 Å². The Bertz CT molecular complexity index is 1280. The van der Waals surface area contributed by atoms with Gasteiger partial charge in [-0.25, -0.2) is 9.37 Å². The van der Waals surface area contributed by atoms with E-state index in [1.165, 1.54) is 32.0 Å². The summed E-state index contributed by atoms with van der Waals surface area (Å²) in [5, 5.41) is 7.37. The number of carbonyl (C=O) groups excluding carboxylic acids is 2. The van der Waals surface area contributed by atoms with Crippen LogP contribution in [0.3, 0.4) is 0 Å². The maximum Gasteiger partial charge on any atom is 0.274 e. The monoisotopic (exact) mass is 569 g/mol. The average Bonchev–Trinajstić information content (AvgIpc) is 3.54. The topological polar surface area (TPSA) is 110 Å². The summed E-state index contributed by atoms with van der Waals surface area (Å²) in [4.78, 5) is 30.5. The van der Waals surface area contributed by atoms with Crippen molar-refractivity contribution in [1.29, 1.82) is 0 Å². The number of likely N-dealkylation sites (tertiary alicyclic amines) is 1. The Hall–Kier alpha value is -3.76. The summed E-state index contributed by atoms with van der Waals surface area (Å²) in [5.41, 5.74) is 6.70. The average molecular weight is 570 g/mol. The van der Waals surface area contributed by atoms with Gasteiger partial charge in [-0.2, -0.15) is 0 Å². The number of nitrogen functional groups attached to an aromatic ring is 1. The van der Waals surface area contributed by atoms with Gasteiger partial charge in [-0.15, -0.1) is 11.3 Å². The molecule has 1 aliphatic heterocycles. The molecule has 10 heteroatoms. The molecule has 1 aliphatic rings. The molecule has 3 aromatic rings. The molecule has 1 atom stereocenters. The lowest BCUT2D eigenvalue weighted by molar-refractivity contribution is -0.129. The lowest BCUT2D eigenvalue weighted by Gasteiger charge is -2.23. The zero-order valence-electron chi connectivity index (χ0n) is 23.7. The third kappa shape index (κ3) is 9.46. The predicted octanol–water partition coefficient (Wildman–Crippen LogP) is 5.42. The molecule has 0 aliphatic carbocycles. The number of fused-ring (bicyclic) bond motifs is 1. The summed E-state index contributed by atoms with van der Waals surface area (Å²) < 4.78 is 19.5. The molecule has 4 N–H and O–H groups in total. The van der Waals surface area contributed by atoms with Gasteiger partial charge >= 0.3 is 0 Å². The van der Waals surface area contributed by atoms with Crippen molar-refractivity contribution in [3.05, 3.63) is 77.3 Å². The van der Waals surface area contributed by atoms with E-state index < -0.39 is 6.04 Å². The molecule has 3 heterocycles. The zero-order valence-corrected chi connectivity index (χ0v) is 24.5. The molecule has 0 bridgehead atoms. The van der Waals surface area contributed by atoms with Crippen LogP contribution in [0.2, 0.25) is 0 Å². The number of thiophene rings is 1. The number of ether oxygens (including phenoxy) is 1. The maximum atomic E-state index is 12.8. The SMILES string of the molecule is C=C1CCC(C=O)N1C(=O)/C(=C\C)NCCCOc1ccc(F)cc1.CC.CNCc1cc2cnc(N)cc2s1. The summed E-state index contributed by atoms with van der Waals surface area (Å²) in [7, 11) is 1.94. The number of aromatic nitrogens is 1. The number of aldehydes is 1. The number of amides is 1. The van der Waals surface area contributed by atoms with Crippen LogP contribution in [0.1, 0.15) is 44.9 Å². The lowest BCUT2D eigenvalue weighted by atomic mass is 10.2. The number of nitrogens with zero attached hydrogens (tertiary/aromatic N) is 2. The van der Waals surface area contributed by atoms with Crippen LogP contribution in [0, 0.1) is 5.82 Å². The van der Waals surface area contributed by atoms with Crippen LogP contribution >= 0.6 is 11.3 Å². The fourth-order valence-corrected chi connectivity index (χ4v) is 5.03. The quantitative estimate of drug-likeness (QED) is 0.170. The Morgan fingerprint density at radius 1 is 1.30 bits per heavy atom. The molecule has 0 saturated carbocycles. The number of anilines is 1. The molecule has 8 nitrogen and oxygen atoms in total. The Morgan fingerprint density at radius 3 is 2.67 bits per heavy atom. The Balaban J connectivity index is 0.000000311. The number of carbonyl (C=O) groups is 2. The molecule has 4 rings (SSSR count). The second-order valence-corrected chi connectivity index (χ2v) is 9.83. The highest BCUT2D eigenvalue weighted by Gasteiger charge is 2.32. The highest BCUT2D eigenvalue weighted by atomic mass is 32.1. The molecular weight excluding hydrogens is 529 g/mol. The number of nitrogens with two attached hydrogens (primary N) is 1. The van der Waals surface area contributed by atoms with Crippen molar-refractivity contribution < 1.29 is 18.7 Å². The van der Waals surface area contributed by atoms with Gasteiger partial charge in [-0.1, -0.05) is 26.5 Å². The first-order valence-electron chi connectivity index (χ1n) is 13.4. The summed E-state index contributed by atoms with van der Waals surface area (Å²) in [5.74, 6) is 0.653. The third-order valence-electron chi connectivity index (χ3n) is 5.84. The minimum absolute atomic E-state index is 0.235. The number of halogens is 1. The molecule has 1 amide bonds. The van der Waals surface area contributed by atoms with Crippen LogP contribution in [-0.4, -0.2) is 48.3 Å². The number of rotatable bonds is 10. The largest absolute Gasteiger partial charge is 0.494 e. The standard InChI is InChI=1S/C19H23FN2O3.C9H11N3S.C2H6/c1-3-18(19(24)22-14(2)5-8-16(22)13-23)21-11-4-12-25-17-9-6-15(20)7-10-17;1-11-5-7-2-6-4-12-9(10)3-8(6)13-7;1-2/h3,6-7,9-10,13,16,21H,2,4-5,8,11-12H2,1H3;2-4,11H,5H2,1H3,(H2,10,12);1-2H3/b18-3+;;. The Kier molecular flexibility index (Phi) is 13.8. The molecule has 40 heavy (non-hydrogen) atoms. The first kappa shape index (κ1) is 32.5. The van der Waals surface area contributed by atoms with E-state index >= 15 is 0 Å². The van der Waals surface area contributed by atoms with E-state index in [0.29, 0.717) is 55.4 Å². The van der Waals surface area contributed by atoms with Gasteiger partial charge in [0.25, 0.3) is 5.91 Å². The van der Waals surface area contributed by atoms with E-state index in [0.717, 1.165) is 12.8 Å². The Morgan fingerprint density at radius 2 is 2.02 bits per heavy atom. The van der Waals surface area contributed by atoms with Crippen LogP contribution in [0.5, 0.6) is 5.75 Å². The lowest BCUT2D eigenvalue weighted by Crippen LogP contribution is -2.39. The number of benzene rings is 1. The van der Waals surface area contributed by atoms with Gasteiger partial charge in [-0.3, -0.25) is 4.79 Å². The van der Waals surface area contributed by atoms with Crippen molar-refractivity contribution in [3.63, 3.8) is 0 Å². The number of hydrogen-bond donors (Lipinski definition) is 3. The second-order valence-electron chi connectivity index (χ2n) is 8.66. The highest BCUT2D eigenvalue weighted by molar-refractivity contribution is 7.19. The second kappa shape index (κ2) is 17.0. The van der Waals surface area contributed by atoms with Gasteiger partial charge in [0, 0.05) is 39.9 Å². The number of hydrogen-bond acceptors (Lipinski definition) is 8. The molecule has 1 saturated heterocycles. The zero-order chi connectivity index (χ0) is 29.5. The minimum atomic E-state index is -0.432. The third-order valence-corrected chi connectivity index (χ3v) is 6.94. The normalized spacial score (nSPS) is 14.6. The van der Waals surface area contributed by atoms with Crippen molar-refractivity contribution in [2.24, 2.45) is 0 Å². The van der Waals surface area contributed by atoms with Gasteiger partial charge in [0.1, 0.15) is 23.7 Å². The van der Waals surface area contributed by atoms with Crippen molar-refractivity contribution in [2.45, 2.75) is 52.6 Å². The maximum absolute atomic E-state index is 12.8. The van der Waals surface area contributed by atoms with Crippen LogP contribution in [0.25, 0.3) is 10.1 Å². The Labute approximate surface area is 240 Å². The fraction of sp³-hybridized carbons (Fsp3) is 0.367. The van der Waals surface area contributed by atoms with Crippen LogP contribution in [-0.2, 0) is 16.1 Å². The number of nitrogens with one attached hydrogen (secondary N) is 2. The molecule has 0 radical (unpaired) electrons. The summed E-state index contributed by atoms with van der Waals surface area (Å²) in [6, 6.07) is 9.46. The molecule has 2 aromatic heterocycles. The van der Waals surface area contributed by atoms with E-state index in [-0.39, 0.29) is 11.7 Å². The summed E-state index contributed by atoms with van der Waals surface area (Å²) in [6.07, 6.45) is 6.24. The first-order valence-corrected chi connectivity index (χ1v) is 14.2. The number of allylic oxidation sites excluding steroid dienone is 2.